The van der Waals surface area contributed by atoms with E-state index in [1.54, 1.807) is 0 Å². The number of anilines is 1. The number of amides is 1. The zero-order valence-corrected chi connectivity index (χ0v) is 17.4. The van der Waals surface area contributed by atoms with E-state index >= 15 is 0 Å². The third-order valence-electron chi connectivity index (χ3n) is 5.19. The molecule has 3 rings (SSSR count). The van der Waals surface area contributed by atoms with Crippen LogP contribution in [0.4, 0.5) is 5.82 Å². The molecule has 1 saturated heterocycles. The molecule has 2 heterocycles. The Bertz CT molecular complexity index is 803. The van der Waals surface area contributed by atoms with Crippen molar-refractivity contribution in [1.29, 1.82) is 0 Å². The molecule has 1 fully saturated rings. The Morgan fingerprint density at radius 1 is 1.14 bits per heavy atom. The van der Waals surface area contributed by atoms with Crippen LogP contribution in [0.5, 0.6) is 0 Å². The van der Waals surface area contributed by atoms with Gasteiger partial charge in [0.1, 0.15) is 17.8 Å². The second-order valence-corrected chi connectivity index (χ2v) is 8.39. The van der Waals surface area contributed by atoms with Crippen LogP contribution in [-0.2, 0) is 12.0 Å². The van der Waals surface area contributed by atoms with Gasteiger partial charge in [-0.2, -0.15) is 0 Å². The molecule has 2 aromatic rings. The number of hydrogen-bond donors (Lipinski definition) is 2. The van der Waals surface area contributed by atoms with Gasteiger partial charge in [0, 0.05) is 31.7 Å². The maximum atomic E-state index is 12.9. The summed E-state index contributed by atoms with van der Waals surface area (Å²) >= 11 is 0. The summed E-state index contributed by atoms with van der Waals surface area (Å²) in [4.78, 5) is 23.4. The number of nitrogens with zero attached hydrogens (tertiary/aromatic N) is 3. The molecule has 1 aliphatic heterocycles. The zero-order valence-electron chi connectivity index (χ0n) is 17.4. The van der Waals surface area contributed by atoms with E-state index in [9.17, 15) is 4.79 Å². The number of carbonyl (C=O) groups is 1. The molecule has 6 heteroatoms. The van der Waals surface area contributed by atoms with Gasteiger partial charge in [0.05, 0.1) is 0 Å². The average Bonchev–Trinajstić information content (AvgIpc) is 2.96. The van der Waals surface area contributed by atoms with Crippen LogP contribution < -0.4 is 10.6 Å². The van der Waals surface area contributed by atoms with Gasteiger partial charge in [-0.25, -0.2) is 9.97 Å². The lowest BCUT2D eigenvalue weighted by atomic mass is 9.87. The monoisotopic (exact) mass is 381 g/mol. The van der Waals surface area contributed by atoms with E-state index in [1.165, 1.54) is 17.5 Å². The lowest BCUT2D eigenvalue weighted by molar-refractivity contribution is 0.0759. The highest BCUT2D eigenvalue weighted by Crippen LogP contribution is 2.23. The summed E-state index contributed by atoms with van der Waals surface area (Å²) < 4.78 is 0. The zero-order chi connectivity index (χ0) is 20.1. The first kappa shape index (κ1) is 20.3. The first-order chi connectivity index (χ1) is 13.4. The minimum atomic E-state index is -0.0128. The third kappa shape index (κ3) is 4.87. The predicted octanol–water partition coefficient (Wildman–Crippen LogP) is 3.13. The number of hydrogen-bond acceptors (Lipinski definition) is 5. The van der Waals surface area contributed by atoms with Crippen molar-refractivity contribution in [2.75, 3.05) is 31.5 Å². The van der Waals surface area contributed by atoms with Crippen molar-refractivity contribution >= 4 is 11.7 Å². The van der Waals surface area contributed by atoms with E-state index in [0.29, 0.717) is 24.6 Å². The van der Waals surface area contributed by atoms with Crippen LogP contribution in [0.1, 0.15) is 54.4 Å². The number of rotatable bonds is 4. The molecule has 2 N–H and O–H groups in total. The second kappa shape index (κ2) is 8.69. The Balaban J connectivity index is 1.69. The molecule has 0 unspecified atom stereocenters. The van der Waals surface area contributed by atoms with Crippen LogP contribution >= 0.6 is 0 Å². The van der Waals surface area contributed by atoms with E-state index in [1.807, 2.05) is 11.8 Å². The highest BCUT2D eigenvalue weighted by atomic mass is 16.2. The van der Waals surface area contributed by atoms with Crippen LogP contribution in [0.15, 0.2) is 30.6 Å². The number of carbonyl (C=O) groups excluding carboxylic acids is 1. The molecule has 6 nitrogen and oxygen atoms in total. The molecule has 0 spiro atoms. The molecule has 0 bridgehead atoms. The van der Waals surface area contributed by atoms with Gasteiger partial charge in [-0.1, -0.05) is 45.0 Å². The summed E-state index contributed by atoms with van der Waals surface area (Å²) in [7, 11) is 0. The lowest BCUT2D eigenvalue weighted by Crippen LogP contribution is -2.35. The molecule has 28 heavy (non-hydrogen) atoms. The molecular weight excluding hydrogens is 350 g/mol. The topological polar surface area (TPSA) is 70.2 Å². The molecule has 1 aromatic heterocycles. The van der Waals surface area contributed by atoms with Crippen LogP contribution in [0.25, 0.3) is 0 Å². The summed E-state index contributed by atoms with van der Waals surface area (Å²) in [6, 6.07) is 8.62. The van der Waals surface area contributed by atoms with Gasteiger partial charge in [0.2, 0.25) is 0 Å². The van der Waals surface area contributed by atoms with Crippen molar-refractivity contribution < 1.29 is 4.79 Å². The van der Waals surface area contributed by atoms with Crippen molar-refractivity contribution in [3.63, 3.8) is 0 Å². The van der Waals surface area contributed by atoms with E-state index in [-0.39, 0.29) is 11.3 Å². The maximum Gasteiger partial charge on any atom is 0.272 e. The maximum absolute atomic E-state index is 12.9. The Morgan fingerprint density at radius 3 is 2.61 bits per heavy atom. The summed E-state index contributed by atoms with van der Waals surface area (Å²) in [6.45, 7) is 12.5. The predicted molar refractivity (Wildman–Crippen MR) is 113 cm³/mol. The Hall–Kier alpha value is -2.47. The fraction of sp³-hybridized carbons (Fsp3) is 0.500. The van der Waals surface area contributed by atoms with Gasteiger partial charge in [-0.3, -0.25) is 4.79 Å². The third-order valence-corrected chi connectivity index (χ3v) is 5.19. The largest absolute Gasteiger partial charge is 0.366 e. The van der Waals surface area contributed by atoms with Crippen molar-refractivity contribution in [1.82, 2.24) is 20.2 Å². The van der Waals surface area contributed by atoms with Gasteiger partial charge < -0.3 is 15.5 Å². The SMILES string of the molecule is Cc1c(NCc2ccc(C(C)(C)C)cc2)ncnc1C(=O)N1CCCNCC1. The average molecular weight is 382 g/mol. The highest BCUT2D eigenvalue weighted by molar-refractivity contribution is 5.94. The van der Waals surface area contributed by atoms with Crippen LogP contribution in [0, 0.1) is 6.92 Å². The minimum absolute atomic E-state index is 0.0128. The van der Waals surface area contributed by atoms with Crippen molar-refractivity contribution in [3.05, 3.63) is 53.0 Å². The van der Waals surface area contributed by atoms with Gasteiger partial charge in [0.15, 0.2) is 0 Å². The van der Waals surface area contributed by atoms with E-state index in [4.69, 9.17) is 0 Å². The van der Waals surface area contributed by atoms with Crippen molar-refractivity contribution in [3.8, 4) is 0 Å². The van der Waals surface area contributed by atoms with Gasteiger partial charge >= 0.3 is 0 Å². The molecule has 1 aromatic carbocycles. The number of aromatic nitrogens is 2. The second-order valence-electron chi connectivity index (χ2n) is 8.39. The van der Waals surface area contributed by atoms with Gasteiger partial charge in [-0.15, -0.1) is 0 Å². The quantitative estimate of drug-likeness (QED) is 0.851. The molecule has 0 saturated carbocycles. The number of nitrogens with one attached hydrogen (secondary N) is 2. The summed E-state index contributed by atoms with van der Waals surface area (Å²) in [5, 5.41) is 6.69. The fourth-order valence-electron chi connectivity index (χ4n) is 3.35. The fourth-order valence-corrected chi connectivity index (χ4v) is 3.35. The molecule has 1 amide bonds. The normalized spacial score (nSPS) is 15.2. The summed E-state index contributed by atoms with van der Waals surface area (Å²) in [5.41, 5.74) is 3.93. The van der Waals surface area contributed by atoms with Gasteiger partial charge in [-0.05, 0) is 36.4 Å². The minimum Gasteiger partial charge on any atom is -0.366 e. The Morgan fingerprint density at radius 2 is 1.89 bits per heavy atom. The molecular formula is C22H31N5O. The van der Waals surface area contributed by atoms with E-state index in [2.05, 4.69) is 65.6 Å². The molecule has 0 radical (unpaired) electrons. The molecule has 0 atom stereocenters. The van der Waals surface area contributed by atoms with E-state index in [0.717, 1.165) is 31.6 Å². The van der Waals surface area contributed by atoms with Crippen LogP contribution in [-0.4, -0.2) is 47.0 Å². The first-order valence-electron chi connectivity index (χ1n) is 10.0. The highest BCUT2D eigenvalue weighted by Gasteiger charge is 2.21. The lowest BCUT2D eigenvalue weighted by Gasteiger charge is -2.21. The molecule has 0 aliphatic carbocycles. The molecule has 150 valence electrons. The van der Waals surface area contributed by atoms with Crippen LogP contribution in [0.3, 0.4) is 0 Å². The Labute approximate surface area is 167 Å². The van der Waals surface area contributed by atoms with Gasteiger partial charge in [0.25, 0.3) is 5.91 Å². The first-order valence-corrected chi connectivity index (χ1v) is 10.0. The smallest absolute Gasteiger partial charge is 0.272 e. The standard InChI is InChI=1S/C22H31N5O/c1-16-19(21(28)27-12-5-10-23-11-13-27)25-15-26-20(16)24-14-17-6-8-18(9-7-17)22(2,3)4/h6-9,15,23H,5,10-14H2,1-4H3,(H,24,25,26). The van der Waals surface area contributed by atoms with Crippen LogP contribution in [0.2, 0.25) is 0 Å². The molecule has 1 aliphatic rings. The van der Waals surface area contributed by atoms with Crippen molar-refractivity contribution in [2.45, 2.75) is 46.1 Å². The van der Waals surface area contributed by atoms with E-state index < -0.39 is 0 Å². The Kier molecular flexibility index (Phi) is 6.29. The van der Waals surface area contributed by atoms with Crippen molar-refractivity contribution in [2.24, 2.45) is 0 Å². The number of benzene rings is 1. The summed E-state index contributed by atoms with van der Waals surface area (Å²) in [6.07, 6.45) is 2.44. The summed E-state index contributed by atoms with van der Waals surface area (Å²) in [5.74, 6) is 0.701.